The first-order chi connectivity index (χ1) is 11.4. The van der Waals surface area contributed by atoms with Gasteiger partial charge in [-0.2, -0.15) is 5.10 Å². The fraction of sp³-hybridized carbons (Fsp3) is 0.353. The minimum Gasteiger partial charge on any atom is -0.478 e. The lowest BCUT2D eigenvalue weighted by atomic mass is 10.1. The summed E-state index contributed by atoms with van der Waals surface area (Å²) in [5, 5.41) is 7.38. The third kappa shape index (κ3) is 5.09. The lowest BCUT2D eigenvalue weighted by Crippen LogP contribution is -2.47. The maximum Gasteiger partial charge on any atom is 0.266 e. The summed E-state index contributed by atoms with van der Waals surface area (Å²) in [6.45, 7) is 4.26. The number of hydrogen-bond acceptors (Lipinski definition) is 4. The average Bonchev–Trinajstić information content (AvgIpc) is 2.55. The van der Waals surface area contributed by atoms with E-state index in [1.165, 1.54) is 10.7 Å². The minimum absolute atomic E-state index is 0.157. The Morgan fingerprint density at radius 3 is 2.67 bits per heavy atom. The number of rotatable bonds is 7. The van der Waals surface area contributed by atoms with Crippen molar-refractivity contribution in [1.29, 1.82) is 0 Å². The number of carbonyl (C=O) groups is 1. The molecule has 0 unspecified atom stereocenters. The smallest absolute Gasteiger partial charge is 0.266 e. The van der Waals surface area contributed by atoms with Crippen LogP contribution in [0.5, 0.6) is 5.75 Å². The normalized spacial score (nSPS) is 11.1. The van der Waals surface area contributed by atoms with Crippen LogP contribution in [0.2, 0.25) is 5.02 Å². The number of ether oxygens (including phenoxy) is 1. The van der Waals surface area contributed by atoms with Crippen molar-refractivity contribution >= 4 is 17.5 Å². The van der Waals surface area contributed by atoms with Gasteiger partial charge in [0.2, 0.25) is 0 Å². The van der Waals surface area contributed by atoms with Gasteiger partial charge in [0.15, 0.2) is 5.60 Å². The topological polar surface area (TPSA) is 73.2 Å². The van der Waals surface area contributed by atoms with Gasteiger partial charge in [0.1, 0.15) is 5.75 Å². The summed E-state index contributed by atoms with van der Waals surface area (Å²) in [6, 6.07) is 9.88. The van der Waals surface area contributed by atoms with Crippen LogP contribution >= 0.6 is 11.6 Å². The SMILES string of the molecule is CC(C)(Oc1ccc(Cl)cc1)C(=O)NCCCn1ncccc1=O. The molecule has 0 saturated heterocycles. The zero-order valence-electron chi connectivity index (χ0n) is 13.7. The molecule has 2 rings (SSSR count). The second-order valence-corrected chi connectivity index (χ2v) is 6.20. The molecular weight excluding hydrogens is 330 g/mol. The van der Waals surface area contributed by atoms with Crippen molar-refractivity contribution in [2.24, 2.45) is 0 Å². The molecule has 0 aliphatic carbocycles. The van der Waals surface area contributed by atoms with E-state index >= 15 is 0 Å². The van der Waals surface area contributed by atoms with Crippen LogP contribution in [0.1, 0.15) is 20.3 Å². The Morgan fingerprint density at radius 2 is 2.00 bits per heavy atom. The van der Waals surface area contributed by atoms with Crippen molar-refractivity contribution in [3.8, 4) is 5.75 Å². The Kier molecular flexibility index (Phi) is 5.98. The van der Waals surface area contributed by atoms with Crippen LogP contribution in [-0.4, -0.2) is 27.8 Å². The maximum atomic E-state index is 12.3. The molecule has 0 fully saturated rings. The van der Waals surface area contributed by atoms with Crippen molar-refractivity contribution in [3.63, 3.8) is 0 Å². The van der Waals surface area contributed by atoms with Gasteiger partial charge < -0.3 is 10.1 Å². The maximum absolute atomic E-state index is 12.3. The summed E-state index contributed by atoms with van der Waals surface area (Å²) in [4.78, 5) is 23.8. The van der Waals surface area contributed by atoms with E-state index in [4.69, 9.17) is 16.3 Å². The second-order valence-electron chi connectivity index (χ2n) is 5.76. The molecule has 24 heavy (non-hydrogen) atoms. The molecule has 0 bridgehead atoms. The first-order valence-corrected chi connectivity index (χ1v) is 8.01. The fourth-order valence-corrected chi connectivity index (χ4v) is 2.17. The van der Waals surface area contributed by atoms with Gasteiger partial charge in [0.05, 0.1) is 0 Å². The molecule has 1 aromatic carbocycles. The number of hydrogen-bond donors (Lipinski definition) is 1. The first kappa shape index (κ1) is 18.0. The Morgan fingerprint density at radius 1 is 1.29 bits per heavy atom. The Labute approximate surface area is 145 Å². The Hall–Kier alpha value is -2.34. The molecule has 128 valence electrons. The lowest BCUT2D eigenvalue weighted by molar-refractivity contribution is -0.134. The van der Waals surface area contributed by atoms with E-state index in [9.17, 15) is 9.59 Å². The largest absolute Gasteiger partial charge is 0.478 e. The van der Waals surface area contributed by atoms with E-state index in [0.717, 1.165) is 0 Å². The average molecular weight is 350 g/mol. The van der Waals surface area contributed by atoms with Gasteiger partial charge in [0, 0.05) is 30.4 Å². The predicted octanol–water partition coefficient (Wildman–Crippen LogP) is 2.26. The number of carbonyl (C=O) groups excluding carboxylic acids is 1. The quantitative estimate of drug-likeness (QED) is 0.778. The highest BCUT2D eigenvalue weighted by molar-refractivity contribution is 6.30. The highest BCUT2D eigenvalue weighted by atomic mass is 35.5. The summed E-state index contributed by atoms with van der Waals surface area (Å²) in [7, 11) is 0. The molecule has 0 atom stereocenters. The van der Waals surface area contributed by atoms with E-state index in [1.54, 1.807) is 50.4 Å². The van der Waals surface area contributed by atoms with E-state index in [-0.39, 0.29) is 11.5 Å². The van der Waals surface area contributed by atoms with Crippen molar-refractivity contribution in [3.05, 3.63) is 58.0 Å². The van der Waals surface area contributed by atoms with Crippen molar-refractivity contribution in [2.75, 3.05) is 6.54 Å². The fourth-order valence-electron chi connectivity index (χ4n) is 2.04. The molecule has 0 spiro atoms. The third-order valence-electron chi connectivity index (χ3n) is 3.35. The van der Waals surface area contributed by atoms with Crippen LogP contribution in [0.4, 0.5) is 0 Å². The standard InChI is InChI=1S/C17H20ClN3O3/c1-17(2,24-14-8-6-13(18)7-9-14)16(23)19-10-4-12-21-15(22)5-3-11-20-21/h3,5-9,11H,4,10,12H2,1-2H3,(H,19,23). The zero-order valence-corrected chi connectivity index (χ0v) is 14.4. The monoisotopic (exact) mass is 349 g/mol. The molecule has 1 heterocycles. The van der Waals surface area contributed by atoms with Gasteiger partial charge in [-0.1, -0.05) is 11.6 Å². The van der Waals surface area contributed by atoms with Gasteiger partial charge in [0.25, 0.3) is 11.5 Å². The number of aryl methyl sites for hydroxylation is 1. The molecule has 1 amide bonds. The molecular formula is C17H20ClN3O3. The van der Waals surface area contributed by atoms with Gasteiger partial charge in [-0.3, -0.25) is 9.59 Å². The number of halogens is 1. The summed E-state index contributed by atoms with van der Waals surface area (Å²) in [5.74, 6) is 0.338. The summed E-state index contributed by atoms with van der Waals surface area (Å²) >= 11 is 5.83. The highest BCUT2D eigenvalue weighted by Gasteiger charge is 2.29. The van der Waals surface area contributed by atoms with E-state index in [1.807, 2.05) is 0 Å². The lowest BCUT2D eigenvalue weighted by Gasteiger charge is -2.25. The number of benzene rings is 1. The molecule has 0 aliphatic heterocycles. The number of nitrogens with one attached hydrogen (secondary N) is 1. The highest BCUT2D eigenvalue weighted by Crippen LogP contribution is 2.20. The Bertz CT molecular complexity index is 741. The van der Waals surface area contributed by atoms with Crippen LogP contribution in [-0.2, 0) is 11.3 Å². The second kappa shape index (κ2) is 7.97. The van der Waals surface area contributed by atoms with Crippen molar-refractivity contribution in [1.82, 2.24) is 15.1 Å². The van der Waals surface area contributed by atoms with Crippen LogP contribution < -0.4 is 15.6 Å². The predicted molar refractivity (Wildman–Crippen MR) is 92.3 cm³/mol. The summed E-state index contributed by atoms with van der Waals surface area (Å²) in [6.07, 6.45) is 2.16. The molecule has 1 N–H and O–H groups in total. The van der Waals surface area contributed by atoms with Crippen LogP contribution in [0.15, 0.2) is 47.4 Å². The van der Waals surface area contributed by atoms with E-state index in [0.29, 0.717) is 30.3 Å². The van der Waals surface area contributed by atoms with Crippen molar-refractivity contribution in [2.45, 2.75) is 32.4 Å². The Balaban J connectivity index is 1.81. The first-order valence-electron chi connectivity index (χ1n) is 7.63. The van der Waals surface area contributed by atoms with Crippen molar-refractivity contribution < 1.29 is 9.53 Å². The molecule has 0 radical (unpaired) electrons. The van der Waals surface area contributed by atoms with E-state index < -0.39 is 5.60 Å². The van der Waals surface area contributed by atoms with Crippen LogP contribution in [0, 0.1) is 0 Å². The minimum atomic E-state index is -1.02. The van der Waals surface area contributed by atoms with Gasteiger partial charge >= 0.3 is 0 Å². The molecule has 0 saturated carbocycles. The summed E-state index contributed by atoms with van der Waals surface area (Å²) in [5.41, 5.74) is -1.18. The number of aromatic nitrogens is 2. The molecule has 1 aromatic heterocycles. The zero-order chi connectivity index (χ0) is 17.6. The van der Waals surface area contributed by atoms with E-state index in [2.05, 4.69) is 10.4 Å². The molecule has 6 nitrogen and oxygen atoms in total. The van der Waals surface area contributed by atoms with Gasteiger partial charge in [-0.15, -0.1) is 0 Å². The molecule has 2 aromatic rings. The molecule has 0 aliphatic rings. The van der Waals surface area contributed by atoms with Crippen LogP contribution in [0.25, 0.3) is 0 Å². The number of nitrogens with zero attached hydrogens (tertiary/aromatic N) is 2. The summed E-state index contributed by atoms with van der Waals surface area (Å²) < 4.78 is 7.08. The third-order valence-corrected chi connectivity index (χ3v) is 3.60. The molecule has 7 heteroatoms. The van der Waals surface area contributed by atoms with Gasteiger partial charge in [-0.25, -0.2) is 4.68 Å². The number of amides is 1. The van der Waals surface area contributed by atoms with Gasteiger partial charge in [-0.05, 0) is 50.6 Å². The van der Waals surface area contributed by atoms with Crippen LogP contribution in [0.3, 0.4) is 0 Å².